The fourth-order valence-electron chi connectivity index (χ4n) is 4.93. The van der Waals surface area contributed by atoms with Crippen LogP contribution in [-0.2, 0) is 0 Å². The molecule has 0 spiro atoms. The molecule has 33 heavy (non-hydrogen) atoms. The van der Waals surface area contributed by atoms with Gasteiger partial charge in [-0.05, 0) is 62.8 Å². The molecule has 1 aliphatic heterocycles. The summed E-state index contributed by atoms with van der Waals surface area (Å²) < 4.78 is 29.7. The van der Waals surface area contributed by atoms with Crippen LogP contribution in [-0.4, -0.2) is 44.3 Å². The van der Waals surface area contributed by atoms with E-state index >= 15 is 0 Å². The van der Waals surface area contributed by atoms with Crippen LogP contribution in [0, 0.1) is 11.6 Å². The largest absolute Gasteiger partial charge is 0.393 e. The number of nitrogens with zero attached hydrogens (tertiary/aromatic N) is 4. The van der Waals surface area contributed by atoms with E-state index < -0.39 is 11.6 Å². The van der Waals surface area contributed by atoms with Gasteiger partial charge in [0.05, 0.1) is 12.1 Å². The lowest BCUT2D eigenvalue weighted by atomic mass is 9.93. The van der Waals surface area contributed by atoms with Gasteiger partial charge in [-0.25, -0.2) is 18.3 Å². The normalized spacial score (nSPS) is 23.2. The third-order valence-electron chi connectivity index (χ3n) is 6.62. The molecule has 2 aliphatic rings. The van der Waals surface area contributed by atoms with Crippen molar-refractivity contribution in [3.63, 3.8) is 0 Å². The maximum atomic E-state index is 14.5. The molecule has 0 bridgehead atoms. The van der Waals surface area contributed by atoms with Gasteiger partial charge in [-0.1, -0.05) is 0 Å². The predicted molar refractivity (Wildman–Crippen MR) is 119 cm³/mol. The van der Waals surface area contributed by atoms with Crippen LogP contribution in [0.3, 0.4) is 0 Å². The summed E-state index contributed by atoms with van der Waals surface area (Å²) in [6.45, 7) is 0.624. The number of carbonyl (C=O) groups excluding carboxylic acids is 1. The van der Waals surface area contributed by atoms with E-state index in [-0.39, 0.29) is 35.5 Å². The first-order valence-corrected chi connectivity index (χ1v) is 11.3. The molecule has 10 heteroatoms. The minimum Gasteiger partial charge on any atom is -0.393 e. The maximum absolute atomic E-state index is 14.5. The summed E-state index contributed by atoms with van der Waals surface area (Å²) in [5.41, 5.74) is 6.85. The van der Waals surface area contributed by atoms with Crippen LogP contribution in [0.1, 0.15) is 60.5 Å². The Balaban J connectivity index is 1.45. The number of amides is 1. The Labute approximate surface area is 189 Å². The summed E-state index contributed by atoms with van der Waals surface area (Å²) in [5.74, 6) is -0.687. The molecule has 1 aliphatic carbocycles. The smallest absolute Gasteiger partial charge is 0.259 e. The third-order valence-corrected chi connectivity index (χ3v) is 6.62. The number of nitrogens with one attached hydrogen (secondary N) is 1. The second kappa shape index (κ2) is 8.58. The van der Waals surface area contributed by atoms with E-state index in [1.165, 1.54) is 10.6 Å². The molecule has 1 saturated heterocycles. The van der Waals surface area contributed by atoms with Gasteiger partial charge in [-0.3, -0.25) is 4.79 Å². The fourth-order valence-corrected chi connectivity index (χ4v) is 4.93. The average Bonchev–Trinajstić information content (AvgIpc) is 3.40. The van der Waals surface area contributed by atoms with Crippen LogP contribution in [0.4, 0.5) is 20.4 Å². The highest BCUT2D eigenvalue weighted by atomic mass is 19.1. The van der Waals surface area contributed by atoms with Crippen molar-refractivity contribution >= 4 is 23.2 Å². The lowest BCUT2D eigenvalue weighted by molar-refractivity contribution is 0.0869. The lowest BCUT2D eigenvalue weighted by Crippen LogP contribution is -2.38. The van der Waals surface area contributed by atoms with Gasteiger partial charge in [0.1, 0.15) is 23.0 Å². The molecule has 0 radical (unpaired) electrons. The molecular formula is C23H26F2N6O2. The number of anilines is 2. The monoisotopic (exact) mass is 456 g/mol. The molecule has 2 fully saturated rings. The van der Waals surface area contributed by atoms with Crippen molar-refractivity contribution in [1.29, 1.82) is 0 Å². The van der Waals surface area contributed by atoms with Crippen molar-refractivity contribution in [1.82, 2.24) is 19.9 Å². The van der Waals surface area contributed by atoms with E-state index in [9.17, 15) is 18.7 Å². The Morgan fingerprint density at radius 2 is 1.94 bits per heavy atom. The minimum atomic E-state index is -0.487. The SMILES string of the molecule is Nc1nn2ccc(N3CCC[C@@H]3c3cc(F)ccc3F)nc2c1C(=O)NC1CCC(O)CC1. The average molecular weight is 456 g/mol. The molecule has 5 rings (SSSR count). The third kappa shape index (κ3) is 4.10. The van der Waals surface area contributed by atoms with Gasteiger partial charge < -0.3 is 21.1 Å². The quantitative estimate of drug-likeness (QED) is 0.557. The van der Waals surface area contributed by atoms with Crippen LogP contribution >= 0.6 is 0 Å². The van der Waals surface area contributed by atoms with Gasteiger partial charge >= 0.3 is 0 Å². The first kappa shape index (κ1) is 21.6. The molecule has 4 N–H and O–H groups in total. The Hall–Kier alpha value is -3.27. The molecule has 2 aromatic heterocycles. The molecule has 1 amide bonds. The zero-order valence-corrected chi connectivity index (χ0v) is 18.0. The van der Waals surface area contributed by atoms with Gasteiger partial charge in [0.2, 0.25) is 0 Å². The van der Waals surface area contributed by atoms with Crippen molar-refractivity contribution in [2.24, 2.45) is 0 Å². The summed E-state index contributed by atoms with van der Waals surface area (Å²) >= 11 is 0. The number of hydrogen-bond donors (Lipinski definition) is 3. The highest BCUT2D eigenvalue weighted by Crippen LogP contribution is 2.37. The Morgan fingerprint density at radius 3 is 2.73 bits per heavy atom. The molecule has 174 valence electrons. The van der Waals surface area contributed by atoms with Crippen molar-refractivity contribution in [2.45, 2.75) is 56.7 Å². The molecule has 3 heterocycles. The summed E-state index contributed by atoms with van der Waals surface area (Å²) in [5, 5.41) is 16.9. The van der Waals surface area contributed by atoms with E-state index in [0.717, 1.165) is 18.6 Å². The van der Waals surface area contributed by atoms with Crippen LogP contribution < -0.4 is 16.0 Å². The summed E-state index contributed by atoms with van der Waals surface area (Å²) in [6.07, 6.45) is 5.49. The first-order valence-electron chi connectivity index (χ1n) is 11.3. The van der Waals surface area contributed by atoms with Gasteiger partial charge in [-0.15, -0.1) is 5.10 Å². The molecule has 1 aromatic carbocycles. The lowest BCUT2D eigenvalue weighted by Gasteiger charge is -2.27. The maximum Gasteiger partial charge on any atom is 0.259 e. The summed E-state index contributed by atoms with van der Waals surface area (Å²) in [7, 11) is 0. The molecule has 1 saturated carbocycles. The van der Waals surface area contributed by atoms with E-state index in [4.69, 9.17) is 5.73 Å². The second-order valence-electron chi connectivity index (χ2n) is 8.81. The highest BCUT2D eigenvalue weighted by molar-refractivity contribution is 6.04. The summed E-state index contributed by atoms with van der Waals surface area (Å²) in [4.78, 5) is 19.6. The highest BCUT2D eigenvalue weighted by Gasteiger charge is 2.31. The summed E-state index contributed by atoms with van der Waals surface area (Å²) in [6, 6.07) is 4.81. The number of benzene rings is 1. The number of halogens is 2. The molecule has 1 atom stereocenters. The standard InChI is InChI=1S/C23H26F2N6O2/c24-13-3-8-17(25)16(12-13)18-2-1-10-30(18)19-9-11-31-22(28-19)20(21(26)29-31)23(33)27-14-4-6-15(32)7-5-14/h3,8-9,11-12,14-15,18,32H,1-2,4-7,10H2,(H2,26,29)(H,27,33)/t14?,15?,18-/m1/s1. The Morgan fingerprint density at radius 1 is 1.15 bits per heavy atom. The van der Waals surface area contributed by atoms with Crippen LogP contribution in [0.5, 0.6) is 0 Å². The number of nitrogen functional groups attached to an aromatic ring is 1. The van der Waals surface area contributed by atoms with Crippen molar-refractivity contribution in [3.8, 4) is 0 Å². The number of fused-ring (bicyclic) bond motifs is 1. The number of aliphatic hydroxyl groups excluding tert-OH is 1. The fraction of sp³-hybridized carbons (Fsp3) is 0.435. The topological polar surface area (TPSA) is 109 Å². The van der Waals surface area contributed by atoms with Crippen molar-refractivity contribution in [2.75, 3.05) is 17.2 Å². The van der Waals surface area contributed by atoms with Gasteiger partial charge in [0.25, 0.3) is 5.91 Å². The Kier molecular flexibility index (Phi) is 5.61. The van der Waals surface area contributed by atoms with E-state index in [2.05, 4.69) is 15.4 Å². The van der Waals surface area contributed by atoms with Crippen molar-refractivity contribution < 1.29 is 18.7 Å². The molecule has 8 nitrogen and oxygen atoms in total. The van der Waals surface area contributed by atoms with E-state index in [0.29, 0.717) is 55.7 Å². The van der Waals surface area contributed by atoms with E-state index in [1.54, 1.807) is 12.3 Å². The minimum absolute atomic E-state index is 0.0441. The number of hydrogen-bond acceptors (Lipinski definition) is 6. The van der Waals surface area contributed by atoms with Crippen LogP contribution in [0.15, 0.2) is 30.5 Å². The van der Waals surface area contributed by atoms with Gasteiger partial charge in [0, 0.05) is 24.3 Å². The zero-order valence-electron chi connectivity index (χ0n) is 18.0. The van der Waals surface area contributed by atoms with Gasteiger partial charge in [-0.2, -0.15) is 0 Å². The Bertz CT molecular complexity index is 1190. The molecular weight excluding hydrogens is 430 g/mol. The number of nitrogens with two attached hydrogens (primary N) is 1. The number of carbonyl (C=O) groups is 1. The molecule has 0 unspecified atom stereocenters. The first-order chi connectivity index (χ1) is 15.9. The van der Waals surface area contributed by atoms with E-state index in [1.807, 2.05) is 4.90 Å². The number of aromatic nitrogens is 3. The van der Waals surface area contributed by atoms with Crippen LogP contribution in [0.2, 0.25) is 0 Å². The number of aliphatic hydroxyl groups is 1. The second-order valence-corrected chi connectivity index (χ2v) is 8.81. The molecule has 3 aromatic rings. The zero-order chi connectivity index (χ0) is 23.1. The van der Waals surface area contributed by atoms with Crippen LogP contribution in [0.25, 0.3) is 5.65 Å². The number of rotatable bonds is 4. The van der Waals surface area contributed by atoms with Gasteiger partial charge in [0.15, 0.2) is 11.5 Å². The predicted octanol–water partition coefficient (Wildman–Crippen LogP) is 2.96. The van der Waals surface area contributed by atoms with Crippen molar-refractivity contribution in [3.05, 3.63) is 53.2 Å².